The molecule has 1 aromatic rings. The highest BCUT2D eigenvalue weighted by molar-refractivity contribution is 5.75. The quantitative estimate of drug-likeness (QED) is 0.737. The fourth-order valence-electron chi connectivity index (χ4n) is 2.39. The first-order valence-electron chi connectivity index (χ1n) is 5.74. The van der Waals surface area contributed by atoms with Crippen LogP contribution in [0, 0.1) is 6.92 Å². The summed E-state index contributed by atoms with van der Waals surface area (Å²) >= 11 is 0. The van der Waals surface area contributed by atoms with Crippen LogP contribution >= 0.6 is 0 Å². The minimum absolute atomic E-state index is 0.565. The summed E-state index contributed by atoms with van der Waals surface area (Å²) in [6, 6.07) is 8.05. The molecule has 0 radical (unpaired) electrons. The second-order valence-corrected chi connectivity index (χ2v) is 4.70. The SMILES string of the molecule is Cc1ccc(C[C@]2(C(=O)[O-])CCC[NH2+]2)cc1. The van der Waals surface area contributed by atoms with Crippen LogP contribution in [0.5, 0.6) is 0 Å². The third kappa shape index (κ3) is 2.09. The second-order valence-electron chi connectivity index (χ2n) is 4.70. The van der Waals surface area contributed by atoms with Gasteiger partial charge in [-0.3, -0.25) is 0 Å². The summed E-state index contributed by atoms with van der Waals surface area (Å²) in [5, 5.41) is 13.2. The Labute approximate surface area is 95.5 Å². The van der Waals surface area contributed by atoms with Crippen molar-refractivity contribution in [1.82, 2.24) is 0 Å². The van der Waals surface area contributed by atoms with Gasteiger partial charge >= 0.3 is 0 Å². The molecule has 3 heteroatoms. The van der Waals surface area contributed by atoms with E-state index in [-0.39, 0.29) is 0 Å². The Balaban J connectivity index is 2.18. The van der Waals surface area contributed by atoms with Crippen molar-refractivity contribution in [2.24, 2.45) is 0 Å². The monoisotopic (exact) mass is 219 g/mol. The number of aryl methyl sites for hydroxylation is 1. The second kappa shape index (κ2) is 4.26. The van der Waals surface area contributed by atoms with Gasteiger partial charge < -0.3 is 15.2 Å². The Morgan fingerprint density at radius 2 is 2.12 bits per heavy atom. The van der Waals surface area contributed by atoms with Crippen molar-refractivity contribution >= 4 is 5.97 Å². The predicted molar refractivity (Wildman–Crippen MR) is 58.6 cm³/mol. The highest BCUT2D eigenvalue weighted by Crippen LogP contribution is 2.18. The van der Waals surface area contributed by atoms with Gasteiger partial charge in [0, 0.05) is 19.3 Å². The molecule has 2 rings (SSSR count). The summed E-state index contributed by atoms with van der Waals surface area (Å²) in [4.78, 5) is 11.3. The van der Waals surface area contributed by atoms with Gasteiger partial charge in [-0.15, -0.1) is 0 Å². The van der Waals surface area contributed by atoms with E-state index in [9.17, 15) is 9.90 Å². The maximum absolute atomic E-state index is 11.3. The van der Waals surface area contributed by atoms with Gasteiger partial charge in [-0.25, -0.2) is 0 Å². The molecule has 0 spiro atoms. The van der Waals surface area contributed by atoms with Crippen LogP contribution in [0.1, 0.15) is 24.0 Å². The molecule has 0 amide bonds. The molecule has 0 unspecified atom stereocenters. The zero-order valence-electron chi connectivity index (χ0n) is 9.53. The van der Waals surface area contributed by atoms with Crippen LogP contribution in [0.3, 0.4) is 0 Å². The highest BCUT2D eigenvalue weighted by Gasteiger charge is 2.39. The summed E-state index contributed by atoms with van der Waals surface area (Å²) in [7, 11) is 0. The fraction of sp³-hybridized carbons (Fsp3) is 0.462. The number of hydrogen-bond donors (Lipinski definition) is 1. The number of carboxylic acids is 1. The minimum atomic E-state index is -0.925. The van der Waals surface area contributed by atoms with Crippen LogP contribution in [-0.4, -0.2) is 18.1 Å². The summed E-state index contributed by atoms with van der Waals surface area (Å²) in [6.45, 7) is 2.92. The molecule has 16 heavy (non-hydrogen) atoms. The molecule has 1 aliphatic heterocycles. The number of aliphatic carboxylic acids is 1. The van der Waals surface area contributed by atoms with Crippen LogP contribution in [0.4, 0.5) is 0 Å². The molecule has 0 bridgehead atoms. The lowest BCUT2D eigenvalue weighted by Crippen LogP contribution is -2.97. The average Bonchev–Trinajstić information content (AvgIpc) is 2.71. The molecule has 0 aromatic heterocycles. The minimum Gasteiger partial charge on any atom is -0.544 e. The van der Waals surface area contributed by atoms with Gasteiger partial charge in [-0.2, -0.15) is 0 Å². The number of hydrogen-bond acceptors (Lipinski definition) is 2. The third-order valence-electron chi connectivity index (χ3n) is 3.41. The van der Waals surface area contributed by atoms with Gasteiger partial charge in [0.1, 0.15) is 11.5 Å². The normalized spacial score (nSPS) is 24.6. The molecular formula is C13H17NO2. The van der Waals surface area contributed by atoms with E-state index in [0.717, 1.165) is 18.5 Å². The van der Waals surface area contributed by atoms with Crippen molar-refractivity contribution in [3.05, 3.63) is 35.4 Å². The molecule has 1 aromatic carbocycles. The fourth-order valence-corrected chi connectivity index (χ4v) is 2.39. The topological polar surface area (TPSA) is 56.7 Å². The van der Waals surface area contributed by atoms with Gasteiger partial charge in [0.2, 0.25) is 0 Å². The van der Waals surface area contributed by atoms with Crippen LogP contribution in [-0.2, 0) is 11.2 Å². The summed E-state index contributed by atoms with van der Waals surface area (Å²) < 4.78 is 0. The van der Waals surface area contributed by atoms with Crippen LogP contribution < -0.4 is 10.4 Å². The zero-order chi connectivity index (χ0) is 11.6. The lowest BCUT2D eigenvalue weighted by atomic mass is 9.89. The van der Waals surface area contributed by atoms with E-state index >= 15 is 0 Å². The first-order chi connectivity index (χ1) is 7.62. The number of carbonyl (C=O) groups excluding carboxylic acids is 1. The van der Waals surface area contributed by atoms with Crippen molar-refractivity contribution in [1.29, 1.82) is 0 Å². The zero-order valence-corrected chi connectivity index (χ0v) is 9.53. The van der Waals surface area contributed by atoms with Crippen molar-refractivity contribution in [2.45, 2.75) is 31.7 Å². The molecule has 0 aliphatic carbocycles. The van der Waals surface area contributed by atoms with Crippen molar-refractivity contribution < 1.29 is 15.2 Å². The molecule has 3 nitrogen and oxygen atoms in total. The van der Waals surface area contributed by atoms with Crippen LogP contribution in [0.25, 0.3) is 0 Å². The highest BCUT2D eigenvalue weighted by atomic mass is 16.4. The lowest BCUT2D eigenvalue weighted by molar-refractivity contribution is -0.700. The Hall–Kier alpha value is -1.35. The number of carbonyl (C=O) groups is 1. The van der Waals surface area contributed by atoms with Gasteiger partial charge in [-0.05, 0) is 12.5 Å². The van der Waals surface area contributed by atoms with E-state index in [4.69, 9.17) is 0 Å². The Kier molecular flexibility index (Phi) is 2.97. The largest absolute Gasteiger partial charge is 0.544 e. The number of rotatable bonds is 3. The standard InChI is InChI=1S/C13H17NO2/c1-10-3-5-11(6-4-10)9-13(12(15)16)7-2-8-14-13/h3-6,14H,2,7-9H2,1H3,(H,15,16)/t13-/m0/s1. The van der Waals surface area contributed by atoms with Gasteiger partial charge in [0.05, 0.1) is 6.54 Å². The van der Waals surface area contributed by atoms with Gasteiger partial charge in [0.25, 0.3) is 0 Å². The summed E-state index contributed by atoms with van der Waals surface area (Å²) in [6.07, 6.45) is 2.23. The average molecular weight is 219 g/mol. The first-order valence-corrected chi connectivity index (χ1v) is 5.74. The van der Waals surface area contributed by atoms with Crippen molar-refractivity contribution in [2.75, 3.05) is 6.54 Å². The number of nitrogens with two attached hydrogens (primary N) is 1. The van der Waals surface area contributed by atoms with E-state index in [1.54, 1.807) is 0 Å². The Morgan fingerprint density at radius 1 is 1.44 bits per heavy atom. The molecule has 1 atom stereocenters. The molecule has 1 heterocycles. The third-order valence-corrected chi connectivity index (χ3v) is 3.41. The molecule has 1 aliphatic rings. The molecule has 2 N–H and O–H groups in total. The van der Waals surface area contributed by atoms with Crippen LogP contribution in [0.15, 0.2) is 24.3 Å². The molecule has 1 fully saturated rings. The lowest BCUT2D eigenvalue weighted by Gasteiger charge is -2.27. The van der Waals surface area contributed by atoms with Crippen molar-refractivity contribution in [3.8, 4) is 0 Å². The number of benzene rings is 1. The van der Waals surface area contributed by atoms with E-state index in [2.05, 4.69) is 0 Å². The molecule has 1 saturated heterocycles. The van der Waals surface area contributed by atoms with Gasteiger partial charge in [-0.1, -0.05) is 29.8 Å². The number of quaternary nitrogens is 1. The smallest absolute Gasteiger partial charge is 0.140 e. The van der Waals surface area contributed by atoms with Gasteiger partial charge in [0.15, 0.2) is 0 Å². The van der Waals surface area contributed by atoms with E-state index in [0.29, 0.717) is 12.8 Å². The van der Waals surface area contributed by atoms with Crippen LogP contribution in [0.2, 0.25) is 0 Å². The van der Waals surface area contributed by atoms with E-state index < -0.39 is 11.5 Å². The maximum Gasteiger partial charge on any atom is 0.140 e. The van der Waals surface area contributed by atoms with E-state index in [1.807, 2.05) is 36.5 Å². The Bertz CT molecular complexity index is 377. The Morgan fingerprint density at radius 3 is 2.62 bits per heavy atom. The maximum atomic E-state index is 11.3. The van der Waals surface area contributed by atoms with E-state index in [1.165, 1.54) is 5.56 Å². The first kappa shape index (κ1) is 11.1. The number of carboxylic acid groups (broad SMARTS) is 1. The predicted octanol–water partition coefficient (Wildman–Crippen LogP) is -0.617. The molecule has 0 saturated carbocycles. The summed E-state index contributed by atoms with van der Waals surface area (Å²) in [5.41, 5.74) is 1.55. The molecule has 86 valence electrons. The van der Waals surface area contributed by atoms with Crippen molar-refractivity contribution in [3.63, 3.8) is 0 Å². The summed E-state index contributed by atoms with van der Waals surface area (Å²) in [5.74, 6) is -0.925. The molecular weight excluding hydrogens is 202 g/mol.